The highest BCUT2D eigenvalue weighted by Gasteiger charge is 2.34. The molecule has 0 unspecified atom stereocenters. The van der Waals surface area contributed by atoms with Crippen LogP contribution in [0.4, 0.5) is 0 Å². The maximum Gasteiger partial charge on any atom is 0.282 e. The first-order valence-electron chi connectivity index (χ1n) is 8.77. The molecule has 0 atom stereocenters. The Balaban J connectivity index is 2.09. The maximum absolute atomic E-state index is 12.8. The molecule has 27 heavy (non-hydrogen) atoms. The minimum Gasteiger partial charge on any atom is -0.336 e. The molecule has 1 amide bonds. The van der Waals surface area contributed by atoms with Crippen molar-refractivity contribution >= 4 is 37.5 Å². The third-order valence-corrected chi connectivity index (χ3v) is 8.71. The van der Waals surface area contributed by atoms with Crippen LogP contribution in [-0.2, 0) is 20.2 Å². The molecule has 0 radical (unpaired) electrons. The van der Waals surface area contributed by atoms with Crippen molar-refractivity contribution in [3.63, 3.8) is 0 Å². The minimum absolute atomic E-state index is 0.0393. The summed E-state index contributed by atoms with van der Waals surface area (Å²) in [5, 5.41) is 6.66. The highest BCUT2D eigenvalue weighted by molar-refractivity contribution is 7.91. The van der Waals surface area contributed by atoms with E-state index in [9.17, 15) is 21.6 Å². The van der Waals surface area contributed by atoms with Gasteiger partial charge in [-0.1, -0.05) is 13.8 Å². The smallest absolute Gasteiger partial charge is 0.282 e. The number of nitrogens with zero attached hydrogens (tertiary/aromatic N) is 3. The molecule has 0 aliphatic carbocycles. The first kappa shape index (κ1) is 22.2. The Hall–Kier alpha value is -1.05. The van der Waals surface area contributed by atoms with Gasteiger partial charge < -0.3 is 4.90 Å². The standard InChI is InChI=1S/C15H26N4O5S3/c1-3-6-18(7-4-2)27(23,24)19-10-8-17(9-11-19)14(20)13-5-12-25-15(13)26(16,21)22/h5,12H,3-4,6-11H2,1-2H3,(H2,16,21,22). The number of sulfonamides is 1. The molecule has 1 aliphatic rings. The normalized spacial score (nSPS) is 16.8. The Morgan fingerprint density at radius 1 is 1.11 bits per heavy atom. The van der Waals surface area contributed by atoms with Crippen molar-refractivity contribution in [1.82, 2.24) is 13.5 Å². The highest BCUT2D eigenvalue weighted by Crippen LogP contribution is 2.24. The molecule has 2 N–H and O–H groups in total. The van der Waals surface area contributed by atoms with Crippen LogP contribution < -0.4 is 5.14 Å². The van der Waals surface area contributed by atoms with Crippen LogP contribution in [0.1, 0.15) is 37.0 Å². The van der Waals surface area contributed by atoms with Gasteiger partial charge in [0.05, 0.1) is 5.56 Å². The second kappa shape index (κ2) is 8.97. The van der Waals surface area contributed by atoms with E-state index in [1.54, 1.807) is 0 Å². The number of piperazine rings is 1. The van der Waals surface area contributed by atoms with Crippen LogP contribution in [0.3, 0.4) is 0 Å². The van der Waals surface area contributed by atoms with Gasteiger partial charge in [0.2, 0.25) is 10.0 Å². The van der Waals surface area contributed by atoms with E-state index in [-0.39, 0.29) is 36.0 Å². The van der Waals surface area contributed by atoms with Gasteiger partial charge >= 0.3 is 0 Å². The Bertz CT molecular complexity index is 852. The summed E-state index contributed by atoms with van der Waals surface area (Å²) < 4.78 is 51.5. The Morgan fingerprint density at radius 3 is 2.15 bits per heavy atom. The molecule has 1 aromatic heterocycles. The lowest BCUT2D eigenvalue weighted by Crippen LogP contribution is -2.54. The van der Waals surface area contributed by atoms with Gasteiger partial charge in [0.1, 0.15) is 4.21 Å². The Labute approximate surface area is 165 Å². The number of rotatable bonds is 8. The number of amides is 1. The molecule has 2 heterocycles. The van der Waals surface area contributed by atoms with Gasteiger partial charge in [-0.05, 0) is 24.3 Å². The molecule has 0 saturated carbocycles. The molecule has 0 spiro atoms. The molecule has 1 fully saturated rings. The van der Waals surface area contributed by atoms with E-state index >= 15 is 0 Å². The zero-order chi connectivity index (χ0) is 20.2. The van der Waals surface area contributed by atoms with Gasteiger partial charge in [0, 0.05) is 39.3 Å². The predicted octanol–water partition coefficient (Wildman–Crippen LogP) is 0.520. The molecule has 9 nitrogen and oxygen atoms in total. The molecule has 12 heteroatoms. The number of carbonyl (C=O) groups is 1. The summed E-state index contributed by atoms with van der Waals surface area (Å²) in [6.07, 6.45) is 1.46. The van der Waals surface area contributed by atoms with Crippen LogP contribution in [0, 0.1) is 0 Å². The van der Waals surface area contributed by atoms with Crippen molar-refractivity contribution in [3.05, 3.63) is 17.0 Å². The van der Waals surface area contributed by atoms with Gasteiger partial charge in [-0.25, -0.2) is 13.6 Å². The van der Waals surface area contributed by atoms with Crippen LogP contribution in [0.15, 0.2) is 15.7 Å². The first-order chi connectivity index (χ1) is 12.6. The Morgan fingerprint density at radius 2 is 1.67 bits per heavy atom. The molecular weight excluding hydrogens is 412 g/mol. The van der Waals surface area contributed by atoms with E-state index in [2.05, 4.69) is 0 Å². The van der Waals surface area contributed by atoms with Crippen molar-refractivity contribution in [3.8, 4) is 0 Å². The van der Waals surface area contributed by atoms with Crippen molar-refractivity contribution < 1.29 is 21.6 Å². The average molecular weight is 439 g/mol. The molecule has 1 aromatic rings. The van der Waals surface area contributed by atoms with Crippen molar-refractivity contribution in [2.75, 3.05) is 39.3 Å². The third kappa shape index (κ3) is 5.06. The minimum atomic E-state index is -3.97. The van der Waals surface area contributed by atoms with Crippen LogP contribution in [0.2, 0.25) is 0 Å². The van der Waals surface area contributed by atoms with Crippen LogP contribution in [-0.4, -0.2) is 75.5 Å². The lowest BCUT2D eigenvalue weighted by atomic mass is 10.2. The number of hydrogen-bond acceptors (Lipinski definition) is 6. The molecule has 0 bridgehead atoms. The molecule has 154 valence electrons. The zero-order valence-corrected chi connectivity index (χ0v) is 17.9. The fraction of sp³-hybridized carbons (Fsp3) is 0.667. The second-order valence-corrected chi connectivity index (χ2v) is 10.9. The summed E-state index contributed by atoms with van der Waals surface area (Å²) in [6, 6.07) is 1.43. The quantitative estimate of drug-likeness (QED) is 0.634. The number of hydrogen-bond donors (Lipinski definition) is 1. The van der Waals surface area contributed by atoms with Crippen LogP contribution in [0.25, 0.3) is 0 Å². The van der Waals surface area contributed by atoms with Gasteiger partial charge in [-0.15, -0.1) is 11.3 Å². The highest BCUT2D eigenvalue weighted by atomic mass is 32.2. The molecule has 0 aromatic carbocycles. The lowest BCUT2D eigenvalue weighted by molar-refractivity contribution is 0.0691. The number of nitrogens with two attached hydrogens (primary N) is 1. The van der Waals surface area contributed by atoms with E-state index in [4.69, 9.17) is 5.14 Å². The summed E-state index contributed by atoms with van der Waals surface area (Å²) in [5.74, 6) is -0.448. The number of carbonyl (C=O) groups excluding carboxylic acids is 1. The van der Waals surface area contributed by atoms with Crippen molar-refractivity contribution in [2.45, 2.75) is 30.9 Å². The maximum atomic E-state index is 12.8. The van der Waals surface area contributed by atoms with E-state index in [1.165, 1.54) is 25.0 Å². The predicted molar refractivity (Wildman–Crippen MR) is 104 cm³/mol. The summed E-state index contributed by atoms with van der Waals surface area (Å²) in [6.45, 7) is 5.52. The van der Waals surface area contributed by atoms with Gasteiger partial charge in [-0.3, -0.25) is 4.79 Å². The SMILES string of the molecule is CCCN(CCC)S(=O)(=O)N1CCN(C(=O)c2ccsc2S(N)(=O)=O)CC1. The van der Waals surface area contributed by atoms with Gasteiger partial charge in [0.25, 0.3) is 16.1 Å². The molecular formula is C15H26N4O5S3. The third-order valence-electron chi connectivity index (χ3n) is 4.24. The molecule has 2 rings (SSSR count). The fourth-order valence-electron chi connectivity index (χ4n) is 2.97. The van der Waals surface area contributed by atoms with E-state index in [1.807, 2.05) is 13.8 Å². The van der Waals surface area contributed by atoms with E-state index < -0.39 is 26.1 Å². The fourth-order valence-corrected chi connectivity index (χ4v) is 6.52. The number of thiophene rings is 1. The molecule has 1 aliphatic heterocycles. The summed E-state index contributed by atoms with van der Waals surface area (Å²) in [5.41, 5.74) is 0.0393. The summed E-state index contributed by atoms with van der Waals surface area (Å²) in [7, 11) is -7.54. The largest absolute Gasteiger partial charge is 0.336 e. The van der Waals surface area contributed by atoms with Crippen molar-refractivity contribution in [2.24, 2.45) is 5.14 Å². The van der Waals surface area contributed by atoms with Gasteiger partial charge in [0.15, 0.2) is 0 Å². The zero-order valence-electron chi connectivity index (χ0n) is 15.5. The molecule has 1 saturated heterocycles. The van der Waals surface area contributed by atoms with Gasteiger partial charge in [-0.2, -0.15) is 17.0 Å². The lowest BCUT2D eigenvalue weighted by Gasteiger charge is -2.36. The monoisotopic (exact) mass is 438 g/mol. The van der Waals surface area contributed by atoms with Crippen molar-refractivity contribution in [1.29, 1.82) is 0 Å². The van der Waals surface area contributed by atoms with Crippen LogP contribution in [0.5, 0.6) is 0 Å². The number of primary sulfonamides is 1. The van der Waals surface area contributed by atoms with Crippen LogP contribution >= 0.6 is 11.3 Å². The Kier molecular flexibility index (Phi) is 7.39. The van der Waals surface area contributed by atoms with E-state index in [0.29, 0.717) is 13.1 Å². The summed E-state index contributed by atoms with van der Waals surface area (Å²) in [4.78, 5) is 14.1. The second-order valence-electron chi connectivity index (χ2n) is 6.26. The topological polar surface area (TPSA) is 121 Å². The van der Waals surface area contributed by atoms with E-state index in [0.717, 1.165) is 24.2 Å². The average Bonchev–Trinajstić information content (AvgIpc) is 3.11. The summed E-state index contributed by atoms with van der Waals surface area (Å²) >= 11 is 0.895. The first-order valence-corrected chi connectivity index (χ1v) is 12.6.